The number of amides is 1. The standard InChI is InChI=1S/C24H20N4O/c29-23(15-14-19-17-26-28(18-19)21-11-5-2-6-12-21)27-24(20-9-3-1-4-10-20)22-13-7-8-16-25-22/h1-18,24H,(H,27,29)/b15-14+. The first-order valence-corrected chi connectivity index (χ1v) is 9.34. The van der Waals surface area contributed by atoms with Crippen molar-refractivity contribution < 1.29 is 4.79 Å². The Labute approximate surface area is 169 Å². The number of aromatic nitrogens is 3. The summed E-state index contributed by atoms with van der Waals surface area (Å²) in [6, 6.07) is 25.0. The Balaban J connectivity index is 1.49. The van der Waals surface area contributed by atoms with Crippen LogP contribution in [0.15, 0.2) is 104 Å². The van der Waals surface area contributed by atoms with Crippen molar-refractivity contribution in [3.63, 3.8) is 0 Å². The molecule has 0 bridgehead atoms. The number of carbonyl (C=O) groups excluding carboxylic acids is 1. The molecule has 5 heteroatoms. The Morgan fingerprint density at radius 3 is 2.38 bits per heavy atom. The van der Waals surface area contributed by atoms with Gasteiger partial charge in [-0.15, -0.1) is 0 Å². The fraction of sp³-hybridized carbons (Fsp3) is 0.0417. The molecule has 0 spiro atoms. The number of carbonyl (C=O) groups is 1. The monoisotopic (exact) mass is 380 g/mol. The van der Waals surface area contributed by atoms with E-state index in [1.165, 1.54) is 6.08 Å². The second-order valence-corrected chi connectivity index (χ2v) is 6.49. The predicted molar refractivity (Wildman–Crippen MR) is 113 cm³/mol. The molecule has 0 aliphatic heterocycles. The molecule has 4 rings (SSSR count). The molecule has 2 aromatic carbocycles. The van der Waals surface area contributed by atoms with Gasteiger partial charge >= 0.3 is 0 Å². The molecule has 1 unspecified atom stereocenters. The van der Waals surface area contributed by atoms with Gasteiger partial charge in [-0.2, -0.15) is 5.10 Å². The SMILES string of the molecule is O=C(/C=C/c1cnn(-c2ccccc2)c1)NC(c1ccccc1)c1ccccn1. The maximum absolute atomic E-state index is 12.6. The summed E-state index contributed by atoms with van der Waals surface area (Å²) in [5.41, 5.74) is 3.58. The van der Waals surface area contributed by atoms with Crippen molar-refractivity contribution in [2.45, 2.75) is 6.04 Å². The summed E-state index contributed by atoms with van der Waals surface area (Å²) in [5, 5.41) is 7.39. The molecule has 2 heterocycles. The van der Waals surface area contributed by atoms with E-state index >= 15 is 0 Å². The molecule has 0 fully saturated rings. The number of nitrogens with zero attached hydrogens (tertiary/aromatic N) is 3. The van der Waals surface area contributed by atoms with E-state index in [1.54, 1.807) is 23.2 Å². The molecule has 0 aliphatic carbocycles. The first kappa shape index (κ1) is 18.4. The van der Waals surface area contributed by atoms with Gasteiger partial charge in [0, 0.05) is 24.0 Å². The molecule has 1 amide bonds. The highest BCUT2D eigenvalue weighted by Crippen LogP contribution is 2.20. The van der Waals surface area contributed by atoms with E-state index in [-0.39, 0.29) is 11.9 Å². The summed E-state index contributed by atoms with van der Waals surface area (Å²) in [6.07, 6.45) is 8.61. The second-order valence-electron chi connectivity index (χ2n) is 6.49. The van der Waals surface area contributed by atoms with Gasteiger partial charge in [0.15, 0.2) is 0 Å². The molecule has 142 valence electrons. The van der Waals surface area contributed by atoms with Crippen molar-refractivity contribution in [1.82, 2.24) is 20.1 Å². The van der Waals surface area contributed by atoms with Gasteiger partial charge in [0.05, 0.1) is 23.6 Å². The van der Waals surface area contributed by atoms with Crippen LogP contribution in [-0.4, -0.2) is 20.7 Å². The summed E-state index contributed by atoms with van der Waals surface area (Å²) in [7, 11) is 0. The predicted octanol–water partition coefficient (Wildman–Crippen LogP) is 4.19. The van der Waals surface area contributed by atoms with Gasteiger partial charge in [0.1, 0.15) is 0 Å². The highest BCUT2D eigenvalue weighted by Gasteiger charge is 2.16. The lowest BCUT2D eigenvalue weighted by atomic mass is 10.0. The smallest absolute Gasteiger partial charge is 0.244 e. The Kier molecular flexibility index (Phi) is 5.58. The average molecular weight is 380 g/mol. The summed E-state index contributed by atoms with van der Waals surface area (Å²) in [6.45, 7) is 0. The molecule has 5 nitrogen and oxygen atoms in total. The van der Waals surface area contributed by atoms with Gasteiger partial charge in [-0.05, 0) is 35.9 Å². The van der Waals surface area contributed by atoms with Crippen LogP contribution in [0.25, 0.3) is 11.8 Å². The van der Waals surface area contributed by atoms with Crippen LogP contribution in [0.1, 0.15) is 22.9 Å². The third kappa shape index (κ3) is 4.65. The largest absolute Gasteiger partial charge is 0.340 e. The summed E-state index contributed by atoms with van der Waals surface area (Å²) >= 11 is 0. The number of hydrogen-bond donors (Lipinski definition) is 1. The zero-order valence-corrected chi connectivity index (χ0v) is 15.7. The maximum Gasteiger partial charge on any atom is 0.244 e. The Morgan fingerprint density at radius 1 is 0.931 bits per heavy atom. The van der Waals surface area contributed by atoms with Gasteiger partial charge < -0.3 is 5.32 Å². The van der Waals surface area contributed by atoms with Crippen LogP contribution in [0.2, 0.25) is 0 Å². The highest BCUT2D eigenvalue weighted by molar-refractivity contribution is 5.92. The van der Waals surface area contributed by atoms with Crippen LogP contribution in [0, 0.1) is 0 Å². The molecule has 0 radical (unpaired) electrons. The molecule has 4 aromatic rings. The number of rotatable bonds is 6. The van der Waals surface area contributed by atoms with Crippen LogP contribution >= 0.6 is 0 Å². The van der Waals surface area contributed by atoms with Crippen molar-refractivity contribution >= 4 is 12.0 Å². The van der Waals surface area contributed by atoms with E-state index in [1.807, 2.05) is 85.1 Å². The van der Waals surface area contributed by atoms with Crippen LogP contribution in [0.4, 0.5) is 0 Å². The second kappa shape index (κ2) is 8.80. The molecule has 0 saturated heterocycles. The fourth-order valence-electron chi connectivity index (χ4n) is 3.03. The third-order valence-corrected chi connectivity index (χ3v) is 4.45. The van der Waals surface area contributed by atoms with Crippen molar-refractivity contribution in [3.8, 4) is 5.69 Å². The molecule has 29 heavy (non-hydrogen) atoms. The van der Waals surface area contributed by atoms with Crippen molar-refractivity contribution in [2.75, 3.05) is 0 Å². The van der Waals surface area contributed by atoms with E-state index in [0.29, 0.717) is 0 Å². The number of para-hydroxylation sites is 1. The third-order valence-electron chi connectivity index (χ3n) is 4.45. The van der Waals surface area contributed by atoms with Gasteiger partial charge in [-0.1, -0.05) is 54.6 Å². The van der Waals surface area contributed by atoms with E-state index < -0.39 is 0 Å². The quantitative estimate of drug-likeness (QED) is 0.510. The Bertz CT molecular complexity index is 1050. The van der Waals surface area contributed by atoms with Crippen molar-refractivity contribution in [3.05, 3.63) is 120 Å². The molecular formula is C24H20N4O. The first-order valence-electron chi connectivity index (χ1n) is 9.34. The molecule has 1 atom stereocenters. The maximum atomic E-state index is 12.6. The number of hydrogen-bond acceptors (Lipinski definition) is 3. The normalized spacial score (nSPS) is 12.0. The minimum Gasteiger partial charge on any atom is -0.340 e. The Hall–Kier alpha value is -3.99. The number of benzene rings is 2. The van der Waals surface area contributed by atoms with Gasteiger partial charge in [0.25, 0.3) is 0 Å². The van der Waals surface area contributed by atoms with Crippen molar-refractivity contribution in [2.24, 2.45) is 0 Å². The van der Waals surface area contributed by atoms with Crippen molar-refractivity contribution in [1.29, 1.82) is 0 Å². The molecule has 1 N–H and O–H groups in total. The lowest BCUT2D eigenvalue weighted by molar-refractivity contribution is -0.116. The molecular weight excluding hydrogens is 360 g/mol. The topological polar surface area (TPSA) is 59.8 Å². The lowest BCUT2D eigenvalue weighted by Crippen LogP contribution is -2.28. The van der Waals surface area contributed by atoms with E-state index in [9.17, 15) is 4.79 Å². The van der Waals surface area contributed by atoms with Gasteiger partial charge in [-0.3, -0.25) is 9.78 Å². The van der Waals surface area contributed by atoms with Gasteiger partial charge in [0.2, 0.25) is 5.91 Å². The van der Waals surface area contributed by atoms with Crippen LogP contribution in [0.3, 0.4) is 0 Å². The van der Waals surface area contributed by atoms with E-state index in [0.717, 1.165) is 22.5 Å². The molecule has 0 aliphatic rings. The highest BCUT2D eigenvalue weighted by atomic mass is 16.1. The average Bonchev–Trinajstić information content (AvgIpc) is 3.27. The zero-order valence-electron chi connectivity index (χ0n) is 15.7. The summed E-state index contributed by atoms with van der Waals surface area (Å²) in [5.74, 6) is -0.197. The molecule has 2 aromatic heterocycles. The van der Waals surface area contributed by atoms with E-state index in [4.69, 9.17) is 0 Å². The van der Waals surface area contributed by atoms with Crippen LogP contribution < -0.4 is 5.32 Å². The lowest BCUT2D eigenvalue weighted by Gasteiger charge is -2.17. The van der Waals surface area contributed by atoms with Gasteiger partial charge in [-0.25, -0.2) is 4.68 Å². The number of nitrogens with one attached hydrogen (secondary N) is 1. The zero-order chi connectivity index (χ0) is 19.9. The van der Waals surface area contributed by atoms with Crippen LogP contribution in [0.5, 0.6) is 0 Å². The van der Waals surface area contributed by atoms with E-state index in [2.05, 4.69) is 15.4 Å². The first-order chi connectivity index (χ1) is 14.3. The minimum atomic E-state index is -0.318. The van der Waals surface area contributed by atoms with Crippen LogP contribution in [-0.2, 0) is 4.79 Å². The summed E-state index contributed by atoms with van der Waals surface area (Å²) < 4.78 is 1.78. The minimum absolute atomic E-state index is 0.197. The summed E-state index contributed by atoms with van der Waals surface area (Å²) in [4.78, 5) is 17.0. The fourth-order valence-corrected chi connectivity index (χ4v) is 3.03. The molecule has 0 saturated carbocycles. The number of pyridine rings is 1. The Morgan fingerprint density at radius 2 is 1.66 bits per heavy atom.